The number of nitrogens with zero attached hydrogens (tertiary/aromatic N) is 1. The molecule has 2 rings (SSSR count). The van der Waals surface area contributed by atoms with Gasteiger partial charge in [-0.2, -0.15) is 0 Å². The van der Waals surface area contributed by atoms with Gasteiger partial charge in [0.15, 0.2) is 0 Å². The number of hydrogen-bond donors (Lipinski definition) is 1. The number of thioether (sulfide) groups is 1. The SMILES string of the molecule is CSc1cccc(N2CCCC(C)(C)CC2)c1C(=O)O. The highest BCUT2D eigenvalue weighted by molar-refractivity contribution is 7.98. The molecule has 3 nitrogen and oxygen atoms in total. The topological polar surface area (TPSA) is 40.5 Å². The standard InChI is InChI=1S/C16H23NO2S/c1-16(2)8-5-10-17(11-9-16)12-6-4-7-13(20-3)14(12)15(18)19/h4,6-7H,5,8-11H2,1-3H3,(H,18,19). The average Bonchev–Trinajstić information content (AvgIpc) is 2.58. The molecule has 0 bridgehead atoms. The summed E-state index contributed by atoms with van der Waals surface area (Å²) in [7, 11) is 0. The van der Waals surface area contributed by atoms with Crippen LogP contribution in [0.15, 0.2) is 23.1 Å². The minimum absolute atomic E-state index is 0.356. The number of aromatic carboxylic acids is 1. The van der Waals surface area contributed by atoms with E-state index in [4.69, 9.17) is 0 Å². The van der Waals surface area contributed by atoms with E-state index in [1.165, 1.54) is 18.2 Å². The highest BCUT2D eigenvalue weighted by Gasteiger charge is 2.26. The molecule has 1 fully saturated rings. The lowest BCUT2D eigenvalue weighted by molar-refractivity contribution is 0.0694. The van der Waals surface area contributed by atoms with E-state index in [2.05, 4.69) is 18.7 Å². The van der Waals surface area contributed by atoms with Gasteiger partial charge in [-0.1, -0.05) is 19.9 Å². The summed E-state index contributed by atoms with van der Waals surface area (Å²) in [6.07, 6.45) is 5.36. The van der Waals surface area contributed by atoms with Gasteiger partial charge in [-0.05, 0) is 43.1 Å². The third-order valence-corrected chi connectivity index (χ3v) is 4.90. The van der Waals surface area contributed by atoms with E-state index in [9.17, 15) is 9.90 Å². The van der Waals surface area contributed by atoms with Gasteiger partial charge >= 0.3 is 5.97 Å². The fourth-order valence-corrected chi connectivity index (χ4v) is 3.44. The second kappa shape index (κ2) is 6.08. The Kier molecular flexibility index (Phi) is 4.63. The van der Waals surface area contributed by atoms with E-state index in [1.807, 2.05) is 24.5 Å². The predicted octanol–water partition coefficient (Wildman–Crippen LogP) is 4.12. The largest absolute Gasteiger partial charge is 0.478 e. The monoisotopic (exact) mass is 293 g/mol. The Morgan fingerprint density at radius 1 is 1.30 bits per heavy atom. The maximum absolute atomic E-state index is 11.6. The van der Waals surface area contributed by atoms with Crippen LogP contribution in [0.25, 0.3) is 0 Å². The molecule has 110 valence electrons. The fraction of sp³-hybridized carbons (Fsp3) is 0.562. The van der Waals surface area contributed by atoms with Gasteiger partial charge in [-0.15, -0.1) is 11.8 Å². The van der Waals surface area contributed by atoms with Crippen LogP contribution in [0.3, 0.4) is 0 Å². The Morgan fingerprint density at radius 3 is 2.70 bits per heavy atom. The molecule has 1 N–H and O–H groups in total. The minimum Gasteiger partial charge on any atom is -0.478 e. The molecule has 0 unspecified atom stereocenters. The first-order valence-electron chi connectivity index (χ1n) is 7.10. The lowest BCUT2D eigenvalue weighted by atomic mass is 9.85. The van der Waals surface area contributed by atoms with Crippen molar-refractivity contribution >= 4 is 23.4 Å². The number of anilines is 1. The van der Waals surface area contributed by atoms with Crippen molar-refractivity contribution in [1.82, 2.24) is 0 Å². The van der Waals surface area contributed by atoms with Crippen LogP contribution in [-0.4, -0.2) is 30.4 Å². The Bertz CT molecular complexity index is 499. The Morgan fingerprint density at radius 2 is 2.05 bits per heavy atom. The Hall–Kier alpha value is -1.16. The van der Waals surface area contributed by atoms with Crippen molar-refractivity contribution in [3.63, 3.8) is 0 Å². The summed E-state index contributed by atoms with van der Waals surface area (Å²) in [5, 5.41) is 9.54. The van der Waals surface area contributed by atoms with Crippen molar-refractivity contribution in [2.75, 3.05) is 24.2 Å². The fourth-order valence-electron chi connectivity index (χ4n) is 2.83. The van der Waals surface area contributed by atoms with E-state index in [1.54, 1.807) is 0 Å². The summed E-state index contributed by atoms with van der Waals surface area (Å²) in [4.78, 5) is 14.7. The minimum atomic E-state index is -0.826. The first-order chi connectivity index (χ1) is 9.44. The molecule has 0 spiro atoms. The van der Waals surface area contributed by atoms with Gasteiger partial charge in [-0.3, -0.25) is 0 Å². The highest BCUT2D eigenvalue weighted by atomic mass is 32.2. The number of carboxylic acids is 1. The summed E-state index contributed by atoms with van der Waals surface area (Å²) in [6.45, 7) is 6.48. The van der Waals surface area contributed by atoms with Crippen molar-refractivity contribution < 1.29 is 9.90 Å². The maximum atomic E-state index is 11.6. The smallest absolute Gasteiger partial charge is 0.338 e. The molecule has 20 heavy (non-hydrogen) atoms. The zero-order chi connectivity index (χ0) is 14.8. The molecule has 1 aliphatic rings. The number of benzene rings is 1. The van der Waals surface area contributed by atoms with E-state index in [0.29, 0.717) is 11.0 Å². The predicted molar refractivity (Wildman–Crippen MR) is 85.0 cm³/mol. The maximum Gasteiger partial charge on any atom is 0.338 e. The second-order valence-electron chi connectivity index (χ2n) is 6.16. The van der Waals surface area contributed by atoms with Crippen molar-refractivity contribution in [3.8, 4) is 0 Å². The highest BCUT2D eigenvalue weighted by Crippen LogP contribution is 2.35. The van der Waals surface area contributed by atoms with Gasteiger partial charge in [0.25, 0.3) is 0 Å². The van der Waals surface area contributed by atoms with Crippen LogP contribution in [0.4, 0.5) is 5.69 Å². The third-order valence-electron chi connectivity index (χ3n) is 4.12. The van der Waals surface area contributed by atoms with Crippen LogP contribution in [0, 0.1) is 5.41 Å². The summed E-state index contributed by atoms with van der Waals surface area (Å²) in [6, 6.07) is 5.80. The molecule has 4 heteroatoms. The van der Waals surface area contributed by atoms with Crippen LogP contribution in [0.2, 0.25) is 0 Å². The van der Waals surface area contributed by atoms with Gasteiger partial charge in [0.1, 0.15) is 0 Å². The first-order valence-corrected chi connectivity index (χ1v) is 8.32. The number of hydrogen-bond acceptors (Lipinski definition) is 3. The van der Waals surface area contributed by atoms with Crippen LogP contribution < -0.4 is 4.90 Å². The van der Waals surface area contributed by atoms with Crippen molar-refractivity contribution in [3.05, 3.63) is 23.8 Å². The zero-order valence-electron chi connectivity index (χ0n) is 12.5. The van der Waals surface area contributed by atoms with Crippen LogP contribution in [0.1, 0.15) is 43.5 Å². The Labute approximate surface area is 125 Å². The summed E-state index contributed by atoms with van der Waals surface area (Å²) >= 11 is 1.50. The molecule has 1 saturated heterocycles. The quantitative estimate of drug-likeness (QED) is 0.851. The molecule has 0 amide bonds. The van der Waals surface area contributed by atoms with E-state index >= 15 is 0 Å². The second-order valence-corrected chi connectivity index (χ2v) is 7.01. The lowest BCUT2D eigenvalue weighted by Gasteiger charge is -2.26. The van der Waals surface area contributed by atoms with E-state index < -0.39 is 5.97 Å². The molecule has 0 radical (unpaired) electrons. The van der Waals surface area contributed by atoms with Crippen molar-refractivity contribution in [2.45, 2.75) is 38.0 Å². The summed E-state index contributed by atoms with van der Waals surface area (Å²) in [5.41, 5.74) is 1.69. The molecule has 0 aliphatic carbocycles. The lowest BCUT2D eigenvalue weighted by Crippen LogP contribution is -2.27. The van der Waals surface area contributed by atoms with Gasteiger partial charge in [0.2, 0.25) is 0 Å². The van der Waals surface area contributed by atoms with Crippen LogP contribution in [-0.2, 0) is 0 Å². The summed E-state index contributed by atoms with van der Waals surface area (Å²) < 4.78 is 0. The number of carbonyl (C=O) groups is 1. The van der Waals surface area contributed by atoms with Crippen molar-refractivity contribution in [1.29, 1.82) is 0 Å². The molecule has 1 aliphatic heterocycles. The normalized spacial score (nSPS) is 18.6. The molecular formula is C16H23NO2S. The van der Waals surface area contributed by atoms with E-state index in [0.717, 1.165) is 36.5 Å². The van der Waals surface area contributed by atoms with Crippen LogP contribution in [0.5, 0.6) is 0 Å². The molecule has 0 saturated carbocycles. The van der Waals surface area contributed by atoms with Crippen LogP contribution >= 0.6 is 11.8 Å². The molecule has 1 aromatic rings. The average molecular weight is 293 g/mol. The zero-order valence-corrected chi connectivity index (χ0v) is 13.3. The third kappa shape index (κ3) is 3.29. The Balaban J connectivity index is 2.35. The molecule has 1 aromatic carbocycles. The molecule has 0 atom stereocenters. The number of carboxylic acid groups (broad SMARTS) is 1. The van der Waals surface area contributed by atoms with Crippen molar-refractivity contribution in [2.24, 2.45) is 5.41 Å². The molecular weight excluding hydrogens is 270 g/mol. The van der Waals surface area contributed by atoms with Gasteiger partial charge in [0.05, 0.1) is 11.3 Å². The van der Waals surface area contributed by atoms with Gasteiger partial charge in [-0.25, -0.2) is 4.79 Å². The molecule has 0 aromatic heterocycles. The summed E-state index contributed by atoms with van der Waals surface area (Å²) in [5.74, 6) is -0.826. The van der Waals surface area contributed by atoms with E-state index in [-0.39, 0.29) is 0 Å². The van der Waals surface area contributed by atoms with Gasteiger partial charge < -0.3 is 10.0 Å². The molecule has 1 heterocycles. The van der Waals surface area contributed by atoms with Gasteiger partial charge in [0, 0.05) is 18.0 Å². The first kappa shape index (κ1) is 15.2. The number of rotatable bonds is 3.